The van der Waals surface area contributed by atoms with E-state index in [9.17, 15) is 4.79 Å². The average Bonchev–Trinajstić information content (AvgIpc) is 3.07. The predicted molar refractivity (Wildman–Crippen MR) is 60.3 cm³/mol. The van der Waals surface area contributed by atoms with Gasteiger partial charge in [-0.3, -0.25) is 9.48 Å². The van der Waals surface area contributed by atoms with Crippen LogP contribution in [0.3, 0.4) is 0 Å². The number of rotatable bonds is 2. The first-order valence-electron chi connectivity index (χ1n) is 5.68. The van der Waals surface area contributed by atoms with Gasteiger partial charge in [0.2, 0.25) is 5.91 Å². The molecular weight excluding hydrogens is 226 g/mol. The summed E-state index contributed by atoms with van der Waals surface area (Å²) < 4.78 is 2.03. The molecule has 4 nitrogen and oxygen atoms in total. The minimum absolute atomic E-state index is 0.0158. The van der Waals surface area contributed by atoms with Crippen LogP contribution in [0.1, 0.15) is 30.1 Å². The van der Waals surface area contributed by atoms with E-state index in [1.165, 1.54) is 18.5 Å². The zero-order valence-corrected chi connectivity index (χ0v) is 9.78. The van der Waals surface area contributed by atoms with Crippen LogP contribution in [0.25, 0.3) is 0 Å². The standard InChI is InChI=1S/C11H14ClN3O/c12-6-11(16)14-3-4-15-9(7-14)5-10(13-15)8-1-2-8/h5,8H,1-4,6-7H2. The summed E-state index contributed by atoms with van der Waals surface area (Å²) in [4.78, 5) is 13.3. The number of nitrogens with zero attached hydrogens (tertiary/aromatic N) is 3. The van der Waals surface area contributed by atoms with Crippen LogP contribution in [0, 0.1) is 0 Å². The van der Waals surface area contributed by atoms with Crippen LogP contribution >= 0.6 is 11.6 Å². The van der Waals surface area contributed by atoms with Crippen molar-refractivity contribution in [2.75, 3.05) is 12.4 Å². The Balaban J connectivity index is 1.80. The van der Waals surface area contributed by atoms with Gasteiger partial charge in [0.05, 0.1) is 24.5 Å². The Morgan fingerprint density at radius 1 is 1.50 bits per heavy atom. The number of aromatic nitrogens is 2. The second kappa shape index (κ2) is 3.77. The van der Waals surface area contributed by atoms with Gasteiger partial charge in [0.25, 0.3) is 0 Å². The molecule has 0 bridgehead atoms. The molecule has 3 rings (SSSR count). The Kier molecular flexibility index (Phi) is 2.39. The lowest BCUT2D eigenvalue weighted by atomic mass is 10.2. The van der Waals surface area contributed by atoms with Gasteiger partial charge in [-0.1, -0.05) is 0 Å². The third kappa shape index (κ3) is 1.71. The fourth-order valence-corrected chi connectivity index (χ4v) is 2.33. The Morgan fingerprint density at radius 3 is 3.00 bits per heavy atom. The minimum atomic E-state index is 0.0158. The SMILES string of the molecule is O=C(CCl)N1CCn2nc(C3CC3)cc2C1. The predicted octanol–water partition coefficient (Wildman–Crippen LogP) is 1.34. The fraction of sp³-hybridized carbons (Fsp3) is 0.636. The molecule has 1 aromatic heterocycles. The van der Waals surface area contributed by atoms with Crippen molar-refractivity contribution >= 4 is 17.5 Å². The first kappa shape index (κ1) is 10.1. The Bertz CT molecular complexity index is 425. The molecule has 1 aromatic rings. The second-order valence-electron chi connectivity index (χ2n) is 4.51. The summed E-state index contributed by atoms with van der Waals surface area (Å²) in [6, 6.07) is 2.14. The topological polar surface area (TPSA) is 38.1 Å². The molecule has 1 amide bonds. The van der Waals surface area contributed by atoms with Crippen molar-refractivity contribution in [1.29, 1.82) is 0 Å². The maximum atomic E-state index is 11.5. The van der Waals surface area contributed by atoms with Crippen molar-refractivity contribution in [1.82, 2.24) is 14.7 Å². The van der Waals surface area contributed by atoms with E-state index >= 15 is 0 Å². The van der Waals surface area contributed by atoms with E-state index in [-0.39, 0.29) is 11.8 Å². The summed E-state index contributed by atoms with van der Waals surface area (Å²) in [5, 5.41) is 4.58. The lowest BCUT2D eigenvalue weighted by Crippen LogP contribution is -2.39. The van der Waals surface area contributed by atoms with Crippen LogP contribution in [0.2, 0.25) is 0 Å². The summed E-state index contributed by atoms with van der Waals surface area (Å²) in [5.74, 6) is 0.765. The highest BCUT2D eigenvalue weighted by atomic mass is 35.5. The Hall–Kier alpha value is -1.03. The summed E-state index contributed by atoms with van der Waals surface area (Å²) >= 11 is 5.56. The first-order chi connectivity index (χ1) is 7.78. The van der Waals surface area contributed by atoms with Crippen molar-refractivity contribution < 1.29 is 4.79 Å². The van der Waals surface area contributed by atoms with Crippen molar-refractivity contribution in [3.05, 3.63) is 17.5 Å². The number of hydrogen-bond acceptors (Lipinski definition) is 2. The third-order valence-electron chi connectivity index (χ3n) is 3.28. The van der Waals surface area contributed by atoms with Gasteiger partial charge in [-0.2, -0.15) is 5.10 Å². The fourth-order valence-electron chi connectivity index (χ4n) is 2.16. The number of alkyl halides is 1. The summed E-state index contributed by atoms with van der Waals surface area (Å²) in [6.45, 7) is 2.18. The largest absolute Gasteiger partial charge is 0.334 e. The molecule has 0 N–H and O–H groups in total. The van der Waals surface area contributed by atoms with E-state index in [1.54, 1.807) is 4.90 Å². The summed E-state index contributed by atoms with van der Waals surface area (Å²) in [7, 11) is 0. The van der Waals surface area contributed by atoms with Crippen molar-refractivity contribution in [3.63, 3.8) is 0 Å². The molecule has 1 saturated carbocycles. The molecule has 1 aliphatic carbocycles. The number of carbonyl (C=O) groups excluding carboxylic acids is 1. The van der Waals surface area contributed by atoms with Gasteiger partial charge in [0.15, 0.2) is 0 Å². The number of amides is 1. The third-order valence-corrected chi connectivity index (χ3v) is 3.51. The van der Waals surface area contributed by atoms with Crippen molar-refractivity contribution in [2.24, 2.45) is 0 Å². The van der Waals surface area contributed by atoms with Gasteiger partial charge >= 0.3 is 0 Å². The molecule has 16 heavy (non-hydrogen) atoms. The van der Waals surface area contributed by atoms with Crippen LogP contribution in [0.4, 0.5) is 0 Å². The highest BCUT2D eigenvalue weighted by molar-refractivity contribution is 6.27. The van der Waals surface area contributed by atoms with E-state index in [4.69, 9.17) is 11.6 Å². The molecule has 1 aliphatic heterocycles. The summed E-state index contributed by atoms with van der Waals surface area (Å²) in [6.07, 6.45) is 2.53. The molecule has 1 fully saturated rings. The van der Waals surface area contributed by atoms with Gasteiger partial charge in [0.1, 0.15) is 5.88 Å². The molecule has 2 heterocycles. The van der Waals surface area contributed by atoms with Crippen molar-refractivity contribution in [2.45, 2.75) is 31.8 Å². The van der Waals surface area contributed by atoms with Crippen LogP contribution in [-0.2, 0) is 17.9 Å². The zero-order chi connectivity index (χ0) is 11.1. The maximum Gasteiger partial charge on any atom is 0.237 e. The van der Waals surface area contributed by atoms with Crippen molar-refractivity contribution in [3.8, 4) is 0 Å². The van der Waals surface area contributed by atoms with E-state index in [1.807, 2.05) is 4.68 Å². The monoisotopic (exact) mass is 239 g/mol. The van der Waals surface area contributed by atoms with Crippen LogP contribution in [0.5, 0.6) is 0 Å². The van der Waals surface area contributed by atoms with Gasteiger partial charge in [0, 0.05) is 12.5 Å². The Labute approximate surface area is 99.2 Å². The van der Waals surface area contributed by atoms with Gasteiger partial charge in [-0.25, -0.2) is 0 Å². The van der Waals surface area contributed by atoms with E-state index < -0.39 is 0 Å². The molecule has 0 spiro atoms. The second-order valence-corrected chi connectivity index (χ2v) is 4.77. The summed E-state index contributed by atoms with van der Waals surface area (Å²) in [5.41, 5.74) is 2.35. The number of carbonyl (C=O) groups is 1. The molecule has 2 aliphatic rings. The number of fused-ring (bicyclic) bond motifs is 1. The quantitative estimate of drug-likeness (QED) is 0.731. The first-order valence-corrected chi connectivity index (χ1v) is 6.22. The smallest absolute Gasteiger partial charge is 0.237 e. The van der Waals surface area contributed by atoms with E-state index in [0.717, 1.165) is 18.8 Å². The van der Waals surface area contributed by atoms with Crippen LogP contribution in [-0.4, -0.2) is 33.0 Å². The van der Waals surface area contributed by atoms with Crippen LogP contribution in [0.15, 0.2) is 6.07 Å². The normalized spacial score (nSPS) is 19.7. The molecule has 86 valence electrons. The zero-order valence-electron chi connectivity index (χ0n) is 9.03. The van der Waals surface area contributed by atoms with Crippen LogP contribution < -0.4 is 0 Å². The van der Waals surface area contributed by atoms with Gasteiger partial charge < -0.3 is 4.90 Å². The molecule has 0 unspecified atom stereocenters. The number of halogens is 1. The highest BCUT2D eigenvalue weighted by Crippen LogP contribution is 2.39. The van der Waals surface area contributed by atoms with E-state index in [2.05, 4.69) is 11.2 Å². The van der Waals surface area contributed by atoms with Gasteiger partial charge in [-0.05, 0) is 18.9 Å². The minimum Gasteiger partial charge on any atom is -0.334 e. The lowest BCUT2D eigenvalue weighted by molar-refractivity contribution is -0.129. The van der Waals surface area contributed by atoms with Gasteiger partial charge in [-0.15, -0.1) is 11.6 Å². The molecule has 0 aromatic carbocycles. The van der Waals surface area contributed by atoms with E-state index in [0.29, 0.717) is 12.5 Å². The Morgan fingerprint density at radius 2 is 2.31 bits per heavy atom. The maximum absolute atomic E-state index is 11.5. The molecule has 0 radical (unpaired) electrons. The highest BCUT2D eigenvalue weighted by Gasteiger charge is 2.29. The number of hydrogen-bond donors (Lipinski definition) is 0. The average molecular weight is 240 g/mol. The molecule has 0 atom stereocenters. The molecule has 5 heteroatoms. The lowest BCUT2D eigenvalue weighted by Gasteiger charge is -2.26. The molecular formula is C11H14ClN3O. The molecule has 0 saturated heterocycles.